The lowest BCUT2D eigenvalue weighted by atomic mass is 9.96. The summed E-state index contributed by atoms with van der Waals surface area (Å²) >= 11 is 0. The molecular formula is C20H25NO3S. The molecule has 4 nitrogen and oxygen atoms in total. The molecule has 5 heteroatoms. The van der Waals surface area contributed by atoms with E-state index in [-0.39, 0.29) is 4.90 Å². The Morgan fingerprint density at radius 1 is 1.16 bits per heavy atom. The van der Waals surface area contributed by atoms with E-state index in [1.807, 2.05) is 44.2 Å². The third kappa shape index (κ3) is 3.94. The Kier molecular flexibility index (Phi) is 5.27. The average Bonchev–Trinajstić information content (AvgIpc) is 2.74. The number of rotatable bonds is 4. The first-order valence-corrected chi connectivity index (χ1v) is 10.3. The zero-order chi connectivity index (χ0) is 18.0. The first kappa shape index (κ1) is 18.1. The maximum absolute atomic E-state index is 12.8. The number of sulfonamides is 1. The molecule has 0 bridgehead atoms. The second-order valence-electron chi connectivity index (χ2n) is 6.76. The molecule has 1 aliphatic rings. The van der Waals surface area contributed by atoms with Gasteiger partial charge in [-0.3, -0.25) is 0 Å². The molecule has 1 aliphatic carbocycles. The molecule has 0 saturated carbocycles. The molecule has 0 aliphatic heterocycles. The topological polar surface area (TPSA) is 66.4 Å². The fourth-order valence-corrected chi connectivity index (χ4v) is 4.64. The summed E-state index contributed by atoms with van der Waals surface area (Å²) in [7, 11) is -3.70. The number of hydrogen-bond donors (Lipinski definition) is 2. The largest absolute Gasteiger partial charge is 0.391 e. The van der Waals surface area contributed by atoms with Gasteiger partial charge in [0.25, 0.3) is 0 Å². The molecule has 0 unspecified atom stereocenters. The highest BCUT2D eigenvalue weighted by atomic mass is 32.2. The summed E-state index contributed by atoms with van der Waals surface area (Å²) in [5.74, 6) is 0. The molecular weight excluding hydrogens is 334 g/mol. The summed E-state index contributed by atoms with van der Waals surface area (Å²) in [5, 5.41) is 10.6. The van der Waals surface area contributed by atoms with E-state index in [4.69, 9.17) is 0 Å². The van der Waals surface area contributed by atoms with E-state index in [0.717, 1.165) is 41.5 Å². The standard InChI is InChI=1S/C20H25NO3S/c1-3-15-8-11-17(12-9-15)25(23,24)21-20-18-13-14(2)7-10-16(18)5-4-6-19(20)22/h7-13,19-22H,3-6H2,1-2H3/t19-,20-/m1/s1. The van der Waals surface area contributed by atoms with Crippen molar-refractivity contribution in [2.45, 2.75) is 56.6 Å². The van der Waals surface area contributed by atoms with Crippen LogP contribution in [0.2, 0.25) is 0 Å². The van der Waals surface area contributed by atoms with Crippen molar-refractivity contribution in [3.05, 3.63) is 64.7 Å². The van der Waals surface area contributed by atoms with Crippen LogP contribution in [0.1, 0.15) is 48.1 Å². The Hall–Kier alpha value is -1.69. The summed E-state index contributed by atoms with van der Waals surface area (Å²) in [4.78, 5) is 0.232. The first-order chi connectivity index (χ1) is 11.9. The molecule has 2 aromatic carbocycles. The fourth-order valence-electron chi connectivity index (χ4n) is 3.39. The van der Waals surface area contributed by atoms with Gasteiger partial charge in [-0.2, -0.15) is 0 Å². The second kappa shape index (κ2) is 7.28. The zero-order valence-electron chi connectivity index (χ0n) is 14.7. The minimum atomic E-state index is -3.70. The molecule has 134 valence electrons. The number of benzene rings is 2. The van der Waals surface area contributed by atoms with Crippen LogP contribution in [0.5, 0.6) is 0 Å². The minimum absolute atomic E-state index is 0.232. The summed E-state index contributed by atoms with van der Waals surface area (Å²) in [6.45, 7) is 4.01. The van der Waals surface area contributed by atoms with Crippen LogP contribution in [0.15, 0.2) is 47.4 Å². The van der Waals surface area contributed by atoms with E-state index >= 15 is 0 Å². The van der Waals surface area contributed by atoms with Gasteiger partial charge in [0.15, 0.2) is 0 Å². The van der Waals surface area contributed by atoms with E-state index in [2.05, 4.69) is 4.72 Å². The first-order valence-electron chi connectivity index (χ1n) is 8.79. The minimum Gasteiger partial charge on any atom is -0.391 e. The molecule has 0 amide bonds. The van der Waals surface area contributed by atoms with Crippen molar-refractivity contribution in [1.29, 1.82) is 0 Å². The van der Waals surface area contributed by atoms with Gasteiger partial charge >= 0.3 is 0 Å². The summed E-state index contributed by atoms with van der Waals surface area (Å²) in [6.07, 6.45) is 2.42. The Morgan fingerprint density at radius 2 is 1.88 bits per heavy atom. The van der Waals surface area contributed by atoms with Crippen molar-refractivity contribution in [3.63, 3.8) is 0 Å². The van der Waals surface area contributed by atoms with Crippen molar-refractivity contribution in [2.75, 3.05) is 0 Å². The third-order valence-electron chi connectivity index (χ3n) is 4.89. The van der Waals surface area contributed by atoms with Crippen LogP contribution in [0, 0.1) is 6.92 Å². The van der Waals surface area contributed by atoms with Gasteiger partial charge in [-0.25, -0.2) is 13.1 Å². The molecule has 3 rings (SSSR count). The molecule has 2 atom stereocenters. The Morgan fingerprint density at radius 3 is 2.56 bits per heavy atom. The van der Waals surface area contributed by atoms with Gasteiger partial charge in [0, 0.05) is 0 Å². The maximum atomic E-state index is 12.8. The van der Waals surface area contributed by atoms with Gasteiger partial charge < -0.3 is 5.11 Å². The monoisotopic (exact) mass is 359 g/mol. The van der Waals surface area contributed by atoms with Crippen molar-refractivity contribution < 1.29 is 13.5 Å². The highest BCUT2D eigenvalue weighted by molar-refractivity contribution is 7.89. The molecule has 0 radical (unpaired) electrons. The number of fused-ring (bicyclic) bond motifs is 1. The maximum Gasteiger partial charge on any atom is 0.241 e. The Labute approximate surface area is 150 Å². The SMILES string of the molecule is CCc1ccc(S(=O)(=O)N[C@@H]2c3cc(C)ccc3CCC[C@H]2O)cc1. The van der Waals surface area contributed by atoms with Gasteiger partial charge in [-0.1, -0.05) is 42.8 Å². The van der Waals surface area contributed by atoms with Gasteiger partial charge in [-0.05, 0) is 61.4 Å². The third-order valence-corrected chi connectivity index (χ3v) is 6.35. The van der Waals surface area contributed by atoms with Crippen LogP contribution in [0.3, 0.4) is 0 Å². The number of aliphatic hydroxyl groups is 1. The van der Waals surface area contributed by atoms with Gasteiger partial charge in [0.05, 0.1) is 17.0 Å². The summed E-state index contributed by atoms with van der Waals surface area (Å²) in [6, 6.07) is 12.4. The molecule has 2 aromatic rings. The van der Waals surface area contributed by atoms with Crippen LogP contribution in [-0.2, 0) is 22.9 Å². The van der Waals surface area contributed by atoms with E-state index in [0.29, 0.717) is 6.42 Å². The quantitative estimate of drug-likeness (QED) is 0.824. The lowest BCUT2D eigenvalue weighted by Gasteiger charge is -2.24. The second-order valence-corrected chi connectivity index (χ2v) is 8.47. The fraction of sp³-hybridized carbons (Fsp3) is 0.400. The summed E-state index contributed by atoms with van der Waals surface area (Å²) in [5.41, 5.74) is 4.15. The highest BCUT2D eigenvalue weighted by Gasteiger charge is 2.30. The van der Waals surface area contributed by atoms with Crippen molar-refractivity contribution in [3.8, 4) is 0 Å². The Balaban J connectivity index is 1.95. The zero-order valence-corrected chi connectivity index (χ0v) is 15.5. The van der Waals surface area contributed by atoms with Gasteiger partial charge in [0.1, 0.15) is 0 Å². The van der Waals surface area contributed by atoms with Crippen LogP contribution in [0.4, 0.5) is 0 Å². The molecule has 0 heterocycles. The lowest BCUT2D eigenvalue weighted by Crippen LogP contribution is -2.36. The molecule has 25 heavy (non-hydrogen) atoms. The molecule has 0 aromatic heterocycles. The molecule has 2 N–H and O–H groups in total. The molecule has 0 spiro atoms. The van der Waals surface area contributed by atoms with Crippen molar-refractivity contribution in [2.24, 2.45) is 0 Å². The smallest absolute Gasteiger partial charge is 0.241 e. The van der Waals surface area contributed by atoms with Crippen LogP contribution in [-0.4, -0.2) is 19.6 Å². The summed E-state index contributed by atoms with van der Waals surface area (Å²) < 4.78 is 28.4. The van der Waals surface area contributed by atoms with Gasteiger partial charge in [0.2, 0.25) is 10.0 Å². The number of hydrogen-bond acceptors (Lipinski definition) is 3. The Bertz CT molecular complexity index is 844. The van der Waals surface area contributed by atoms with E-state index in [9.17, 15) is 13.5 Å². The molecule has 0 fully saturated rings. The predicted octanol–water partition coefficient (Wildman–Crippen LogP) is 3.27. The molecule has 0 saturated heterocycles. The number of aryl methyl sites for hydroxylation is 3. The van der Waals surface area contributed by atoms with Crippen LogP contribution in [0.25, 0.3) is 0 Å². The van der Waals surface area contributed by atoms with Crippen molar-refractivity contribution in [1.82, 2.24) is 4.72 Å². The van der Waals surface area contributed by atoms with E-state index in [1.54, 1.807) is 12.1 Å². The van der Waals surface area contributed by atoms with Crippen molar-refractivity contribution >= 4 is 10.0 Å². The van der Waals surface area contributed by atoms with E-state index < -0.39 is 22.2 Å². The normalized spacial score (nSPS) is 20.8. The average molecular weight is 359 g/mol. The number of aliphatic hydroxyl groups excluding tert-OH is 1. The van der Waals surface area contributed by atoms with E-state index in [1.165, 1.54) is 0 Å². The van der Waals surface area contributed by atoms with Crippen LogP contribution < -0.4 is 4.72 Å². The highest BCUT2D eigenvalue weighted by Crippen LogP contribution is 2.31. The lowest BCUT2D eigenvalue weighted by molar-refractivity contribution is 0.129. The van der Waals surface area contributed by atoms with Crippen LogP contribution >= 0.6 is 0 Å². The number of nitrogens with one attached hydrogen (secondary N) is 1. The van der Waals surface area contributed by atoms with Gasteiger partial charge in [-0.15, -0.1) is 0 Å². The predicted molar refractivity (Wildman–Crippen MR) is 99.0 cm³/mol.